The number of hydrogen-bond acceptors (Lipinski definition) is 2. The van der Waals surface area contributed by atoms with Crippen molar-refractivity contribution >= 4 is 28.1 Å². The van der Waals surface area contributed by atoms with Crippen LogP contribution < -0.4 is 0 Å². The minimum Gasteiger partial charge on any atom is -0.506 e. The van der Waals surface area contributed by atoms with Gasteiger partial charge >= 0.3 is 0 Å². The van der Waals surface area contributed by atoms with Crippen molar-refractivity contribution in [2.45, 2.75) is 13.0 Å². The molecule has 1 aromatic heterocycles. The average molecular weight is 339 g/mol. The number of H-pyrrole nitrogens is 1. The van der Waals surface area contributed by atoms with Gasteiger partial charge in [-0.25, -0.2) is 0 Å². The van der Waals surface area contributed by atoms with E-state index in [2.05, 4.69) is 46.4 Å². The highest BCUT2D eigenvalue weighted by atomic mass is 35.5. The largest absolute Gasteiger partial charge is 0.506 e. The van der Waals surface area contributed by atoms with Crippen molar-refractivity contribution in [3.8, 4) is 5.75 Å². The van der Waals surface area contributed by atoms with Crippen LogP contribution in [0.1, 0.15) is 17.5 Å². The molecule has 3 nitrogen and oxygen atoms in total. The van der Waals surface area contributed by atoms with E-state index in [4.69, 9.17) is 11.6 Å². The minimum absolute atomic E-state index is 0.200. The molecule has 0 bridgehead atoms. The lowest BCUT2D eigenvalue weighted by atomic mass is 9.98. The van der Waals surface area contributed by atoms with Gasteiger partial charge in [-0.1, -0.05) is 48.0 Å². The van der Waals surface area contributed by atoms with E-state index in [1.54, 1.807) is 6.07 Å². The molecule has 0 atom stereocenters. The van der Waals surface area contributed by atoms with Crippen LogP contribution in [0.25, 0.3) is 16.5 Å². The van der Waals surface area contributed by atoms with E-state index in [9.17, 15) is 5.11 Å². The zero-order valence-electron chi connectivity index (χ0n) is 13.3. The van der Waals surface area contributed by atoms with E-state index in [-0.39, 0.29) is 5.75 Å². The van der Waals surface area contributed by atoms with Crippen LogP contribution in [0.2, 0.25) is 5.02 Å². The Hall–Kier alpha value is -2.23. The van der Waals surface area contributed by atoms with Gasteiger partial charge in [0, 0.05) is 47.9 Å². The number of hydrogen-bond donors (Lipinski definition) is 2. The molecule has 4 heteroatoms. The summed E-state index contributed by atoms with van der Waals surface area (Å²) in [5, 5.41) is 11.8. The number of aromatic nitrogens is 1. The number of aromatic amines is 1. The Morgan fingerprint density at radius 2 is 2.00 bits per heavy atom. The Labute approximate surface area is 146 Å². The van der Waals surface area contributed by atoms with E-state index in [0.717, 1.165) is 25.1 Å². The van der Waals surface area contributed by atoms with E-state index < -0.39 is 0 Å². The maximum Gasteiger partial charge on any atom is 0.138 e. The lowest BCUT2D eigenvalue weighted by Crippen LogP contribution is -2.28. The fraction of sp³-hybridized carbons (Fsp3) is 0.200. The first kappa shape index (κ1) is 15.3. The van der Waals surface area contributed by atoms with Gasteiger partial charge in [-0.05, 0) is 24.1 Å². The Bertz CT molecular complexity index is 913. The minimum atomic E-state index is 0.200. The summed E-state index contributed by atoms with van der Waals surface area (Å²) < 4.78 is 0. The maximum atomic E-state index is 10.1. The second-order valence-electron chi connectivity index (χ2n) is 6.21. The molecule has 0 fully saturated rings. The maximum absolute atomic E-state index is 10.1. The van der Waals surface area contributed by atoms with Crippen molar-refractivity contribution in [2.75, 3.05) is 13.1 Å². The zero-order valence-corrected chi connectivity index (χ0v) is 14.1. The van der Waals surface area contributed by atoms with Crippen LogP contribution >= 0.6 is 11.6 Å². The summed E-state index contributed by atoms with van der Waals surface area (Å²) in [7, 11) is 0. The highest BCUT2D eigenvalue weighted by molar-refractivity contribution is 6.32. The molecular formula is C20H19ClN2O. The summed E-state index contributed by atoms with van der Waals surface area (Å²) in [4.78, 5) is 5.67. The first-order valence-electron chi connectivity index (χ1n) is 8.16. The highest BCUT2D eigenvalue weighted by Crippen LogP contribution is 2.31. The van der Waals surface area contributed by atoms with Crippen LogP contribution in [0, 0.1) is 0 Å². The lowest BCUT2D eigenvalue weighted by molar-refractivity contribution is 0.289. The molecule has 0 saturated carbocycles. The lowest BCUT2D eigenvalue weighted by Gasteiger charge is -2.26. The first-order valence-corrected chi connectivity index (χ1v) is 8.54. The highest BCUT2D eigenvalue weighted by Gasteiger charge is 2.17. The van der Waals surface area contributed by atoms with Crippen molar-refractivity contribution in [2.24, 2.45) is 0 Å². The predicted octanol–water partition coefficient (Wildman–Crippen LogP) is 4.82. The SMILES string of the molecule is Oc1c(Cl)cccc1CN1CC=C(c2c[nH]c3ccccc23)CC1. The third-order valence-corrected chi connectivity index (χ3v) is 5.00. The van der Waals surface area contributed by atoms with Crippen molar-refractivity contribution in [3.05, 3.63) is 70.9 Å². The Kier molecular flexibility index (Phi) is 4.05. The quantitative estimate of drug-likeness (QED) is 0.719. The molecule has 0 aliphatic carbocycles. The molecule has 0 unspecified atom stereocenters. The van der Waals surface area contributed by atoms with Gasteiger partial charge in [-0.3, -0.25) is 4.90 Å². The number of fused-ring (bicyclic) bond motifs is 1. The topological polar surface area (TPSA) is 39.3 Å². The summed E-state index contributed by atoms with van der Waals surface area (Å²) in [5.74, 6) is 0.200. The summed E-state index contributed by atoms with van der Waals surface area (Å²) >= 11 is 5.99. The Balaban J connectivity index is 1.52. The van der Waals surface area contributed by atoms with E-state index in [1.165, 1.54) is 22.0 Å². The summed E-state index contributed by atoms with van der Waals surface area (Å²) in [6, 6.07) is 13.9. The third-order valence-electron chi connectivity index (χ3n) is 4.69. The number of nitrogens with one attached hydrogen (secondary N) is 1. The third kappa shape index (κ3) is 2.81. The number of para-hydroxylation sites is 2. The van der Waals surface area contributed by atoms with Gasteiger partial charge in [0.05, 0.1) is 5.02 Å². The molecule has 0 spiro atoms. The summed E-state index contributed by atoms with van der Waals surface area (Å²) in [6.45, 7) is 2.56. The van der Waals surface area contributed by atoms with Gasteiger partial charge in [0.25, 0.3) is 0 Å². The number of nitrogens with zero attached hydrogens (tertiary/aromatic N) is 1. The van der Waals surface area contributed by atoms with Crippen molar-refractivity contribution in [3.63, 3.8) is 0 Å². The molecular weight excluding hydrogens is 320 g/mol. The van der Waals surface area contributed by atoms with Crippen LogP contribution in [0.5, 0.6) is 5.75 Å². The smallest absolute Gasteiger partial charge is 0.138 e. The number of phenols is 1. The van der Waals surface area contributed by atoms with Crippen molar-refractivity contribution in [1.82, 2.24) is 9.88 Å². The van der Waals surface area contributed by atoms with Crippen molar-refractivity contribution < 1.29 is 5.11 Å². The van der Waals surface area contributed by atoms with E-state index >= 15 is 0 Å². The van der Waals surface area contributed by atoms with E-state index in [1.807, 2.05) is 12.1 Å². The molecule has 4 rings (SSSR count). The predicted molar refractivity (Wildman–Crippen MR) is 99.3 cm³/mol. The van der Waals surface area contributed by atoms with Gasteiger partial charge < -0.3 is 10.1 Å². The van der Waals surface area contributed by atoms with Gasteiger partial charge in [0.2, 0.25) is 0 Å². The first-order chi connectivity index (χ1) is 11.7. The molecule has 2 heterocycles. The molecule has 2 aromatic carbocycles. The van der Waals surface area contributed by atoms with Crippen LogP contribution in [0.4, 0.5) is 0 Å². The molecule has 0 radical (unpaired) electrons. The average Bonchev–Trinajstić information content (AvgIpc) is 3.04. The van der Waals surface area contributed by atoms with Gasteiger partial charge in [0.15, 0.2) is 0 Å². The number of aromatic hydroxyl groups is 1. The van der Waals surface area contributed by atoms with Crippen LogP contribution in [0.15, 0.2) is 54.7 Å². The summed E-state index contributed by atoms with van der Waals surface area (Å²) in [6.07, 6.45) is 5.40. The molecule has 1 aliphatic heterocycles. The molecule has 24 heavy (non-hydrogen) atoms. The number of halogens is 1. The summed E-state index contributed by atoms with van der Waals surface area (Å²) in [5.41, 5.74) is 4.75. The number of phenolic OH excluding ortho intramolecular Hbond substituents is 1. The number of rotatable bonds is 3. The Morgan fingerprint density at radius 3 is 2.83 bits per heavy atom. The van der Waals surface area contributed by atoms with Gasteiger partial charge in [0.1, 0.15) is 5.75 Å². The molecule has 0 amide bonds. The second-order valence-corrected chi connectivity index (χ2v) is 6.62. The molecule has 0 saturated heterocycles. The number of benzene rings is 2. The molecule has 3 aromatic rings. The molecule has 2 N–H and O–H groups in total. The Morgan fingerprint density at radius 1 is 1.12 bits per heavy atom. The van der Waals surface area contributed by atoms with E-state index in [0.29, 0.717) is 11.6 Å². The second kappa shape index (κ2) is 6.34. The van der Waals surface area contributed by atoms with Crippen molar-refractivity contribution in [1.29, 1.82) is 0 Å². The normalized spacial score (nSPS) is 15.6. The van der Waals surface area contributed by atoms with Gasteiger partial charge in [-0.15, -0.1) is 0 Å². The fourth-order valence-corrected chi connectivity index (χ4v) is 3.56. The zero-order chi connectivity index (χ0) is 16.5. The monoisotopic (exact) mass is 338 g/mol. The fourth-order valence-electron chi connectivity index (χ4n) is 3.37. The van der Waals surface area contributed by atoms with Crippen LogP contribution in [0.3, 0.4) is 0 Å². The van der Waals surface area contributed by atoms with Crippen LogP contribution in [-0.4, -0.2) is 28.1 Å². The molecule has 1 aliphatic rings. The van der Waals surface area contributed by atoms with Crippen LogP contribution in [-0.2, 0) is 6.54 Å². The molecule has 122 valence electrons. The standard InChI is InChI=1S/C20H19ClN2O/c21-18-6-3-4-15(20(18)24)13-23-10-8-14(9-11-23)17-12-22-19-7-2-1-5-16(17)19/h1-8,12,22,24H,9-11,13H2. The van der Waals surface area contributed by atoms with Gasteiger partial charge in [-0.2, -0.15) is 0 Å².